The summed E-state index contributed by atoms with van der Waals surface area (Å²) in [4.78, 5) is 0.892. The van der Waals surface area contributed by atoms with Crippen LogP contribution in [0.2, 0.25) is 4.34 Å². The number of rotatable bonds is 5. The van der Waals surface area contributed by atoms with Gasteiger partial charge in [0.25, 0.3) is 5.92 Å². The van der Waals surface area contributed by atoms with Crippen LogP contribution in [0.25, 0.3) is 0 Å². The fraction of sp³-hybridized carbons (Fsp3) is 0.500. The molecule has 0 amide bonds. The van der Waals surface area contributed by atoms with Crippen molar-refractivity contribution in [2.45, 2.75) is 12.5 Å². The Kier molecular flexibility index (Phi) is 4.25. The average molecular weight is 242 g/mol. The smallest absolute Gasteiger partial charge is 0.282 e. The minimum atomic E-state index is -3.05. The van der Waals surface area contributed by atoms with Gasteiger partial charge in [-0.2, -0.15) is 0 Å². The van der Waals surface area contributed by atoms with Gasteiger partial charge in [-0.15, -0.1) is 11.3 Å². The zero-order valence-corrected chi connectivity index (χ0v) is 8.84. The first kappa shape index (κ1) is 11.8. The van der Waals surface area contributed by atoms with E-state index in [1.165, 1.54) is 11.3 Å². The summed E-state index contributed by atoms with van der Waals surface area (Å²) in [6.45, 7) is -1.32. The van der Waals surface area contributed by atoms with Crippen LogP contribution in [0.15, 0.2) is 12.1 Å². The minimum Gasteiger partial charge on any atom is -0.390 e. The Morgan fingerprint density at radius 1 is 1.50 bits per heavy atom. The molecule has 0 fully saturated rings. The maximum Gasteiger partial charge on any atom is 0.282 e. The lowest BCUT2D eigenvalue weighted by molar-refractivity contribution is -0.0477. The molecule has 0 radical (unpaired) electrons. The monoisotopic (exact) mass is 241 g/mol. The summed E-state index contributed by atoms with van der Waals surface area (Å²) >= 11 is 7.00. The van der Waals surface area contributed by atoms with Gasteiger partial charge >= 0.3 is 0 Å². The Bertz CT molecular complexity index is 293. The van der Waals surface area contributed by atoms with Crippen molar-refractivity contribution in [3.8, 4) is 0 Å². The third-order valence-corrected chi connectivity index (χ3v) is 2.77. The second-order valence-corrected chi connectivity index (χ2v) is 4.62. The fourth-order valence-corrected chi connectivity index (χ4v) is 1.93. The molecule has 0 saturated carbocycles. The van der Waals surface area contributed by atoms with E-state index in [-0.39, 0.29) is 0 Å². The molecule has 0 aliphatic heterocycles. The summed E-state index contributed by atoms with van der Waals surface area (Å²) in [5, 5.41) is 10.8. The zero-order valence-electron chi connectivity index (χ0n) is 7.27. The standard InChI is InChI=1S/C8H10ClF2NOS/c9-7-2-1-6(14-7)3-12-4-8(10,11)5-13/h1-2,12-13H,3-5H2. The Labute approximate surface area is 89.5 Å². The lowest BCUT2D eigenvalue weighted by Gasteiger charge is -2.13. The summed E-state index contributed by atoms with van der Waals surface area (Å²) in [6, 6.07) is 3.49. The van der Waals surface area contributed by atoms with Crippen molar-refractivity contribution in [3.05, 3.63) is 21.3 Å². The van der Waals surface area contributed by atoms with Gasteiger partial charge in [0.1, 0.15) is 6.61 Å². The molecule has 6 heteroatoms. The Hall–Kier alpha value is -0.230. The topological polar surface area (TPSA) is 32.3 Å². The van der Waals surface area contributed by atoms with Crippen LogP contribution >= 0.6 is 22.9 Å². The van der Waals surface area contributed by atoms with Crippen molar-refractivity contribution in [2.24, 2.45) is 0 Å². The summed E-state index contributed by atoms with van der Waals surface area (Å²) < 4.78 is 25.7. The number of thiophene rings is 1. The number of hydrogen-bond acceptors (Lipinski definition) is 3. The van der Waals surface area contributed by atoms with Gasteiger partial charge in [0.2, 0.25) is 0 Å². The lowest BCUT2D eigenvalue weighted by Crippen LogP contribution is -2.35. The lowest BCUT2D eigenvalue weighted by atomic mass is 10.3. The molecule has 1 aromatic heterocycles. The Morgan fingerprint density at radius 2 is 2.21 bits per heavy atom. The van der Waals surface area contributed by atoms with Crippen molar-refractivity contribution < 1.29 is 13.9 Å². The molecule has 2 nitrogen and oxygen atoms in total. The number of halogens is 3. The van der Waals surface area contributed by atoms with Crippen molar-refractivity contribution in [1.82, 2.24) is 5.32 Å². The molecule has 0 unspecified atom stereocenters. The normalized spacial score (nSPS) is 12.0. The van der Waals surface area contributed by atoms with Gasteiger partial charge in [-0.1, -0.05) is 11.6 Å². The zero-order chi connectivity index (χ0) is 10.6. The number of alkyl halides is 2. The van der Waals surface area contributed by atoms with Crippen molar-refractivity contribution in [3.63, 3.8) is 0 Å². The Morgan fingerprint density at radius 3 is 2.71 bits per heavy atom. The largest absolute Gasteiger partial charge is 0.390 e. The third-order valence-electron chi connectivity index (χ3n) is 1.54. The molecule has 0 aliphatic carbocycles. The van der Waals surface area contributed by atoms with Gasteiger partial charge in [-0.05, 0) is 12.1 Å². The Balaban J connectivity index is 2.28. The molecule has 0 saturated heterocycles. The highest BCUT2D eigenvalue weighted by Crippen LogP contribution is 2.21. The van der Waals surface area contributed by atoms with Gasteiger partial charge in [-0.25, -0.2) is 8.78 Å². The molecular formula is C8H10ClF2NOS. The maximum atomic E-state index is 12.5. The fourth-order valence-electron chi connectivity index (χ4n) is 0.871. The second kappa shape index (κ2) is 5.02. The van der Waals surface area contributed by atoms with Gasteiger partial charge in [0, 0.05) is 11.4 Å². The molecule has 80 valence electrons. The summed E-state index contributed by atoms with van der Waals surface area (Å²) in [5.74, 6) is -3.05. The van der Waals surface area contributed by atoms with Gasteiger partial charge < -0.3 is 10.4 Å². The first-order valence-corrected chi connectivity index (χ1v) is 5.16. The van der Waals surface area contributed by atoms with Crippen molar-refractivity contribution >= 4 is 22.9 Å². The SMILES string of the molecule is OCC(F)(F)CNCc1ccc(Cl)s1. The van der Waals surface area contributed by atoms with Crippen molar-refractivity contribution in [2.75, 3.05) is 13.2 Å². The summed E-state index contributed by atoms with van der Waals surface area (Å²) in [5.41, 5.74) is 0. The molecular weight excluding hydrogens is 232 g/mol. The number of aliphatic hydroxyl groups excluding tert-OH is 1. The molecule has 1 rings (SSSR count). The average Bonchev–Trinajstić information content (AvgIpc) is 2.51. The van der Waals surface area contributed by atoms with Crippen LogP contribution in [0.4, 0.5) is 8.78 Å². The summed E-state index contributed by atoms with van der Waals surface area (Å²) in [6.07, 6.45) is 0. The molecule has 0 atom stereocenters. The number of hydrogen-bond donors (Lipinski definition) is 2. The van der Waals surface area contributed by atoms with E-state index >= 15 is 0 Å². The van der Waals surface area contributed by atoms with E-state index in [0.717, 1.165) is 4.88 Å². The first-order valence-electron chi connectivity index (χ1n) is 3.97. The maximum absolute atomic E-state index is 12.5. The van der Waals surface area contributed by atoms with E-state index in [0.29, 0.717) is 10.9 Å². The molecule has 0 aromatic carbocycles. The second-order valence-electron chi connectivity index (χ2n) is 2.82. The highest BCUT2D eigenvalue weighted by atomic mass is 35.5. The quantitative estimate of drug-likeness (QED) is 0.828. The van der Waals surface area contributed by atoms with Crippen LogP contribution < -0.4 is 5.32 Å². The predicted octanol–water partition coefficient (Wildman–Crippen LogP) is 2.12. The molecule has 2 N–H and O–H groups in total. The van der Waals surface area contributed by atoms with E-state index in [4.69, 9.17) is 16.7 Å². The van der Waals surface area contributed by atoms with Crippen LogP contribution in [0, 0.1) is 0 Å². The van der Waals surface area contributed by atoms with Crippen molar-refractivity contribution in [1.29, 1.82) is 0 Å². The molecule has 1 aromatic rings. The molecule has 0 aliphatic rings. The van der Waals surface area contributed by atoms with Gasteiger partial charge in [0.15, 0.2) is 0 Å². The third kappa shape index (κ3) is 3.88. The highest BCUT2D eigenvalue weighted by Gasteiger charge is 2.26. The molecule has 14 heavy (non-hydrogen) atoms. The van der Waals surface area contributed by atoms with Gasteiger partial charge in [0.05, 0.1) is 10.9 Å². The van der Waals surface area contributed by atoms with Crippen LogP contribution in [0.1, 0.15) is 4.88 Å². The van der Waals surface area contributed by atoms with Crippen LogP contribution in [-0.2, 0) is 6.54 Å². The van der Waals surface area contributed by atoms with E-state index in [9.17, 15) is 8.78 Å². The predicted molar refractivity (Wildman–Crippen MR) is 53.1 cm³/mol. The van der Waals surface area contributed by atoms with E-state index in [1.807, 2.05) is 0 Å². The van der Waals surface area contributed by atoms with Crippen LogP contribution in [0.3, 0.4) is 0 Å². The number of nitrogens with one attached hydrogen (secondary N) is 1. The van der Waals surface area contributed by atoms with Crippen LogP contribution in [-0.4, -0.2) is 24.2 Å². The molecule has 1 heterocycles. The van der Waals surface area contributed by atoms with E-state index in [2.05, 4.69) is 5.32 Å². The van der Waals surface area contributed by atoms with Crippen LogP contribution in [0.5, 0.6) is 0 Å². The van der Waals surface area contributed by atoms with Gasteiger partial charge in [-0.3, -0.25) is 0 Å². The summed E-state index contributed by atoms with van der Waals surface area (Å²) in [7, 11) is 0. The highest BCUT2D eigenvalue weighted by molar-refractivity contribution is 7.16. The molecule has 0 bridgehead atoms. The first-order chi connectivity index (χ1) is 6.53. The number of aliphatic hydroxyl groups is 1. The van der Waals surface area contributed by atoms with E-state index in [1.54, 1.807) is 12.1 Å². The van der Waals surface area contributed by atoms with E-state index < -0.39 is 19.1 Å². The molecule has 0 spiro atoms. The minimum absolute atomic E-state index is 0.340.